The van der Waals surface area contributed by atoms with Crippen molar-refractivity contribution < 1.29 is 17.9 Å². The van der Waals surface area contributed by atoms with E-state index in [0.29, 0.717) is 24.5 Å². The minimum absolute atomic E-state index is 0. The summed E-state index contributed by atoms with van der Waals surface area (Å²) in [6, 6.07) is 13.1. The Balaban J connectivity index is 0.00000261. The summed E-state index contributed by atoms with van der Waals surface area (Å²) in [7, 11) is -3.65. The van der Waals surface area contributed by atoms with Crippen molar-refractivity contribution in [1.82, 2.24) is 5.32 Å². The highest BCUT2D eigenvalue weighted by Crippen LogP contribution is 2.19. The van der Waals surface area contributed by atoms with Crippen molar-refractivity contribution in [1.29, 1.82) is 0 Å². The molecule has 3 N–H and O–H groups in total. The van der Waals surface area contributed by atoms with Crippen LogP contribution in [0.15, 0.2) is 53.4 Å². The molecular weight excluding hydrogens is 390 g/mol. The number of halogens is 1. The lowest BCUT2D eigenvalue weighted by molar-refractivity contribution is -0.128. The third-order valence-electron chi connectivity index (χ3n) is 3.96. The molecule has 146 valence electrons. The molecule has 1 amide bonds. The first-order valence-corrected chi connectivity index (χ1v) is 9.75. The fourth-order valence-electron chi connectivity index (χ4n) is 2.51. The van der Waals surface area contributed by atoms with Crippen LogP contribution in [0.4, 0.5) is 11.4 Å². The van der Waals surface area contributed by atoms with Gasteiger partial charge in [0.1, 0.15) is 6.10 Å². The van der Waals surface area contributed by atoms with Crippen LogP contribution in [0.3, 0.4) is 0 Å². The summed E-state index contributed by atoms with van der Waals surface area (Å²) in [5.41, 5.74) is 1.97. The summed E-state index contributed by atoms with van der Waals surface area (Å²) in [4.78, 5) is 12.3. The zero-order valence-corrected chi connectivity index (χ0v) is 16.4. The van der Waals surface area contributed by atoms with Gasteiger partial charge in [-0.25, -0.2) is 8.42 Å². The fourth-order valence-corrected chi connectivity index (χ4v) is 3.57. The van der Waals surface area contributed by atoms with E-state index in [1.54, 1.807) is 48.5 Å². The summed E-state index contributed by atoms with van der Waals surface area (Å²) in [5, 5.41) is 5.85. The molecule has 2 aromatic carbocycles. The van der Waals surface area contributed by atoms with E-state index in [-0.39, 0.29) is 23.2 Å². The van der Waals surface area contributed by atoms with Gasteiger partial charge in [-0.15, -0.1) is 12.4 Å². The summed E-state index contributed by atoms with van der Waals surface area (Å²) >= 11 is 0. The van der Waals surface area contributed by atoms with Gasteiger partial charge < -0.3 is 15.4 Å². The number of carbonyl (C=O) groups is 1. The van der Waals surface area contributed by atoms with E-state index in [1.807, 2.05) is 6.92 Å². The number of carbonyl (C=O) groups excluding carboxylic acids is 1. The molecule has 27 heavy (non-hydrogen) atoms. The maximum Gasteiger partial charge on any atom is 0.261 e. The highest BCUT2D eigenvalue weighted by molar-refractivity contribution is 7.92. The van der Waals surface area contributed by atoms with Crippen LogP contribution in [0.5, 0.6) is 0 Å². The number of aryl methyl sites for hydroxylation is 1. The second-order valence-electron chi connectivity index (χ2n) is 6.05. The second-order valence-corrected chi connectivity index (χ2v) is 7.73. The minimum Gasteiger partial charge on any atom is -0.366 e. The third kappa shape index (κ3) is 5.67. The summed E-state index contributed by atoms with van der Waals surface area (Å²) in [6.45, 7) is 3.60. The number of nitrogens with one attached hydrogen (secondary N) is 3. The molecule has 1 atom stereocenters. The highest BCUT2D eigenvalue weighted by Gasteiger charge is 2.21. The SMILES string of the molecule is Cc1ccc(S(=O)(=O)Nc2ccc(NC(=O)C3CNCCO3)cc2)cc1.Cl. The number of rotatable bonds is 5. The van der Waals surface area contributed by atoms with Crippen molar-refractivity contribution in [3.05, 3.63) is 54.1 Å². The lowest BCUT2D eigenvalue weighted by Crippen LogP contribution is -2.45. The van der Waals surface area contributed by atoms with Crippen LogP contribution in [0.1, 0.15) is 5.56 Å². The maximum absolute atomic E-state index is 12.4. The first-order chi connectivity index (χ1) is 12.4. The molecule has 1 unspecified atom stereocenters. The maximum atomic E-state index is 12.4. The summed E-state index contributed by atoms with van der Waals surface area (Å²) in [6.07, 6.45) is -0.525. The van der Waals surface area contributed by atoms with E-state index in [1.165, 1.54) is 0 Å². The van der Waals surface area contributed by atoms with Gasteiger partial charge in [-0.1, -0.05) is 17.7 Å². The van der Waals surface area contributed by atoms with Crippen LogP contribution >= 0.6 is 12.4 Å². The molecule has 1 aliphatic rings. The molecule has 1 heterocycles. The predicted octanol–water partition coefficient (Wildman–Crippen LogP) is 2.14. The largest absolute Gasteiger partial charge is 0.366 e. The van der Waals surface area contributed by atoms with Crippen molar-refractivity contribution in [2.45, 2.75) is 17.9 Å². The quantitative estimate of drug-likeness (QED) is 0.700. The van der Waals surface area contributed by atoms with Crippen molar-refractivity contribution >= 4 is 39.7 Å². The lowest BCUT2D eigenvalue weighted by Gasteiger charge is -2.22. The standard InChI is InChI=1S/C18H21N3O4S.ClH/c1-13-2-8-16(9-3-13)26(23,24)21-15-6-4-14(5-7-15)20-18(22)17-12-19-10-11-25-17;/h2-9,17,19,21H,10-12H2,1H3,(H,20,22);1H. The van der Waals surface area contributed by atoms with Crippen molar-refractivity contribution in [2.24, 2.45) is 0 Å². The van der Waals surface area contributed by atoms with Crippen LogP contribution in [0.25, 0.3) is 0 Å². The monoisotopic (exact) mass is 411 g/mol. The number of anilines is 2. The number of hydrogen-bond donors (Lipinski definition) is 3. The van der Waals surface area contributed by atoms with E-state index in [2.05, 4.69) is 15.4 Å². The Morgan fingerprint density at radius 2 is 1.70 bits per heavy atom. The molecule has 3 rings (SSSR count). The second kappa shape index (κ2) is 9.18. The Bertz CT molecular complexity index is 864. The normalized spacial score (nSPS) is 16.9. The molecule has 2 aromatic rings. The average molecular weight is 412 g/mol. The third-order valence-corrected chi connectivity index (χ3v) is 5.35. The van der Waals surface area contributed by atoms with E-state index in [9.17, 15) is 13.2 Å². The topological polar surface area (TPSA) is 96.5 Å². The molecule has 0 bridgehead atoms. The molecule has 0 spiro atoms. The smallest absolute Gasteiger partial charge is 0.261 e. The zero-order chi connectivity index (χ0) is 18.6. The number of sulfonamides is 1. The molecular formula is C18H22ClN3O4S. The Kier molecular flexibility index (Phi) is 7.20. The average Bonchev–Trinajstić information content (AvgIpc) is 2.64. The predicted molar refractivity (Wildman–Crippen MR) is 107 cm³/mol. The van der Waals surface area contributed by atoms with Gasteiger partial charge in [-0.3, -0.25) is 9.52 Å². The Labute approximate surface area is 165 Å². The van der Waals surface area contributed by atoms with Gasteiger partial charge in [-0.05, 0) is 43.3 Å². The first kappa shape index (κ1) is 21.2. The number of hydrogen-bond acceptors (Lipinski definition) is 5. The molecule has 1 fully saturated rings. The first-order valence-electron chi connectivity index (χ1n) is 8.27. The van der Waals surface area contributed by atoms with Gasteiger partial charge in [0.15, 0.2) is 0 Å². The van der Waals surface area contributed by atoms with Gasteiger partial charge in [0.2, 0.25) is 0 Å². The summed E-state index contributed by atoms with van der Waals surface area (Å²) < 4.78 is 32.7. The van der Waals surface area contributed by atoms with Gasteiger partial charge in [0, 0.05) is 24.5 Å². The molecule has 9 heteroatoms. The highest BCUT2D eigenvalue weighted by atomic mass is 35.5. The van der Waals surface area contributed by atoms with Gasteiger partial charge in [0.25, 0.3) is 15.9 Å². The molecule has 1 saturated heterocycles. The van der Waals surface area contributed by atoms with Gasteiger partial charge in [-0.2, -0.15) is 0 Å². The van der Waals surface area contributed by atoms with E-state index >= 15 is 0 Å². The van der Waals surface area contributed by atoms with E-state index in [4.69, 9.17) is 4.74 Å². The number of morpholine rings is 1. The Hall–Kier alpha value is -2.13. The Morgan fingerprint density at radius 3 is 2.30 bits per heavy atom. The number of ether oxygens (including phenoxy) is 1. The zero-order valence-electron chi connectivity index (χ0n) is 14.8. The molecule has 0 aliphatic carbocycles. The van der Waals surface area contributed by atoms with Crippen LogP contribution in [-0.4, -0.2) is 40.1 Å². The molecule has 7 nitrogen and oxygen atoms in total. The molecule has 0 aromatic heterocycles. The van der Waals surface area contributed by atoms with Crippen LogP contribution in [0.2, 0.25) is 0 Å². The fraction of sp³-hybridized carbons (Fsp3) is 0.278. The van der Waals surface area contributed by atoms with Crippen LogP contribution < -0.4 is 15.4 Å². The lowest BCUT2D eigenvalue weighted by atomic mass is 10.2. The van der Waals surface area contributed by atoms with Crippen LogP contribution in [-0.2, 0) is 19.6 Å². The minimum atomic E-state index is -3.65. The number of amides is 1. The van der Waals surface area contributed by atoms with E-state index < -0.39 is 16.1 Å². The van der Waals surface area contributed by atoms with E-state index in [0.717, 1.165) is 12.1 Å². The Morgan fingerprint density at radius 1 is 1.07 bits per heavy atom. The van der Waals surface area contributed by atoms with Crippen molar-refractivity contribution in [3.63, 3.8) is 0 Å². The van der Waals surface area contributed by atoms with Crippen molar-refractivity contribution in [3.8, 4) is 0 Å². The molecule has 1 aliphatic heterocycles. The van der Waals surface area contributed by atoms with Crippen LogP contribution in [0, 0.1) is 6.92 Å². The van der Waals surface area contributed by atoms with Gasteiger partial charge in [0.05, 0.1) is 11.5 Å². The van der Waals surface area contributed by atoms with Gasteiger partial charge >= 0.3 is 0 Å². The number of benzene rings is 2. The molecule has 0 saturated carbocycles. The van der Waals surface area contributed by atoms with Crippen molar-refractivity contribution in [2.75, 3.05) is 29.7 Å². The summed E-state index contributed by atoms with van der Waals surface area (Å²) in [5.74, 6) is -0.231. The molecule has 0 radical (unpaired) electrons.